The maximum Gasteiger partial charge on any atom is 0.446 e. The highest BCUT2D eigenvalue weighted by Crippen LogP contribution is 2.29. The Morgan fingerprint density at radius 1 is 1.43 bits per heavy atom. The third-order valence-corrected chi connectivity index (χ3v) is 2.64. The van der Waals surface area contributed by atoms with Gasteiger partial charge in [-0.15, -0.1) is 0 Å². The van der Waals surface area contributed by atoms with Crippen molar-refractivity contribution in [1.82, 2.24) is 5.23 Å². The topological polar surface area (TPSA) is 21.3 Å². The molecule has 2 nitrogen and oxygen atoms in total. The Morgan fingerprint density at radius 3 is 3.00 bits per heavy atom. The summed E-state index contributed by atoms with van der Waals surface area (Å²) in [6.45, 7) is 4.36. The Bertz CT molecular complexity index is 316. The van der Waals surface area contributed by atoms with Crippen LogP contribution in [0.15, 0.2) is 24.3 Å². The quantitative estimate of drug-likeness (QED) is 0.722. The molecular weight excluding hydrogens is 173 g/mol. The van der Waals surface area contributed by atoms with Crippen LogP contribution in [0.4, 0.5) is 0 Å². The summed E-state index contributed by atoms with van der Waals surface area (Å²) in [5.41, 5.74) is 1.26. The van der Waals surface area contributed by atoms with Gasteiger partial charge in [0.1, 0.15) is 5.75 Å². The third-order valence-electron chi connectivity index (χ3n) is 2.64. The Labute approximate surface area is 85.8 Å². The van der Waals surface area contributed by atoms with Crippen LogP contribution < -0.4 is 9.88 Å². The molecule has 1 N–H and O–H groups in total. The second-order valence-electron chi connectivity index (χ2n) is 3.82. The predicted octanol–water partition coefficient (Wildman–Crippen LogP) is 2.63. The van der Waals surface area contributed by atoms with Gasteiger partial charge in [0.25, 0.3) is 0 Å². The van der Waals surface area contributed by atoms with Gasteiger partial charge in [-0.25, -0.2) is 0 Å². The molecule has 1 aromatic carbocycles. The highest BCUT2D eigenvalue weighted by Gasteiger charge is 2.27. The van der Waals surface area contributed by atoms with Crippen molar-refractivity contribution in [2.24, 2.45) is 0 Å². The molecule has 0 saturated heterocycles. The van der Waals surface area contributed by atoms with Gasteiger partial charge in [0.15, 0.2) is 0 Å². The Hall–Kier alpha value is -0.955. The zero-order chi connectivity index (χ0) is 9.97. The van der Waals surface area contributed by atoms with Crippen molar-refractivity contribution < 1.29 is 4.65 Å². The summed E-state index contributed by atoms with van der Waals surface area (Å²) in [4.78, 5) is 0. The fourth-order valence-corrected chi connectivity index (χ4v) is 1.91. The van der Waals surface area contributed by atoms with Crippen LogP contribution in [-0.4, -0.2) is 7.05 Å². The average Bonchev–Trinajstić information content (AvgIpc) is 2.18. The molecule has 74 valence electrons. The van der Waals surface area contributed by atoms with Gasteiger partial charge < -0.3 is 9.88 Å². The second kappa shape index (κ2) is 4.05. The van der Waals surface area contributed by atoms with Gasteiger partial charge in [0.05, 0.1) is 0 Å². The van der Waals surface area contributed by atoms with E-state index in [-0.39, 0.29) is 7.05 Å². The second-order valence-corrected chi connectivity index (χ2v) is 3.82. The minimum absolute atomic E-state index is 0.185. The van der Waals surface area contributed by atoms with E-state index in [2.05, 4.69) is 37.3 Å². The molecular formula is C11H16BNO. The van der Waals surface area contributed by atoms with E-state index in [0.717, 1.165) is 18.5 Å². The van der Waals surface area contributed by atoms with Crippen LogP contribution in [0, 0.1) is 0 Å². The minimum atomic E-state index is 0.185. The maximum absolute atomic E-state index is 5.83. The highest BCUT2D eigenvalue weighted by atomic mass is 16.4. The first-order valence-electron chi connectivity index (χ1n) is 5.33. The van der Waals surface area contributed by atoms with Crippen molar-refractivity contribution in [3.8, 4) is 5.75 Å². The standard InChI is InChI=1S/C11H16BNO/c1-3-8-12-13-9(2)10-6-4-5-7-11(10)14-12/h4-7,9,13H,3,8H2,1-2H3. The molecule has 1 aliphatic rings. The predicted molar refractivity (Wildman–Crippen MR) is 59.5 cm³/mol. The van der Waals surface area contributed by atoms with Gasteiger partial charge in [-0.05, 0) is 19.3 Å². The number of hydrogen-bond donors (Lipinski definition) is 1. The average molecular weight is 189 g/mol. The zero-order valence-corrected chi connectivity index (χ0v) is 8.79. The van der Waals surface area contributed by atoms with Crippen LogP contribution in [0.3, 0.4) is 0 Å². The van der Waals surface area contributed by atoms with Crippen molar-refractivity contribution in [2.75, 3.05) is 0 Å². The van der Waals surface area contributed by atoms with Crippen molar-refractivity contribution in [3.05, 3.63) is 29.8 Å². The first-order chi connectivity index (χ1) is 6.81. The molecule has 0 fully saturated rings. The van der Waals surface area contributed by atoms with Gasteiger partial charge in [-0.3, -0.25) is 0 Å². The molecule has 3 heteroatoms. The number of rotatable bonds is 2. The van der Waals surface area contributed by atoms with Gasteiger partial charge >= 0.3 is 7.05 Å². The van der Waals surface area contributed by atoms with Crippen LogP contribution >= 0.6 is 0 Å². The Kier molecular flexibility index (Phi) is 2.78. The van der Waals surface area contributed by atoms with Crippen molar-refractivity contribution in [1.29, 1.82) is 0 Å². The van der Waals surface area contributed by atoms with E-state index in [1.165, 1.54) is 5.56 Å². The normalized spacial score (nSPS) is 20.1. The lowest BCUT2D eigenvalue weighted by Gasteiger charge is -2.29. The molecule has 0 aromatic heterocycles. The van der Waals surface area contributed by atoms with Crippen LogP contribution in [0.1, 0.15) is 31.9 Å². The van der Waals surface area contributed by atoms with Crippen molar-refractivity contribution in [2.45, 2.75) is 32.6 Å². The molecule has 1 unspecified atom stereocenters. The number of benzene rings is 1. The summed E-state index contributed by atoms with van der Waals surface area (Å²) < 4.78 is 5.83. The van der Waals surface area contributed by atoms with E-state index < -0.39 is 0 Å². The molecule has 1 aliphatic heterocycles. The summed E-state index contributed by atoms with van der Waals surface area (Å²) >= 11 is 0. The van der Waals surface area contributed by atoms with Crippen LogP contribution in [-0.2, 0) is 0 Å². The van der Waals surface area contributed by atoms with E-state index >= 15 is 0 Å². The van der Waals surface area contributed by atoms with E-state index in [1.54, 1.807) is 0 Å². The third kappa shape index (κ3) is 1.78. The van der Waals surface area contributed by atoms with Crippen LogP contribution in [0.5, 0.6) is 5.75 Å². The summed E-state index contributed by atoms with van der Waals surface area (Å²) in [6.07, 6.45) is 2.21. The molecule has 0 aliphatic carbocycles. The fourth-order valence-electron chi connectivity index (χ4n) is 1.91. The van der Waals surface area contributed by atoms with Gasteiger partial charge in [0, 0.05) is 11.6 Å². The smallest absolute Gasteiger partial charge is 0.446 e. The van der Waals surface area contributed by atoms with Crippen molar-refractivity contribution >= 4 is 7.05 Å². The van der Waals surface area contributed by atoms with E-state index in [4.69, 9.17) is 4.65 Å². The summed E-state index contributed by atoms with van der Waals surface area (Å²) in [6, 6.07) is 8.65. The lowest BCUT2D eigenvalue weighted by atomic mass is 9.74. The SMILES string of the molecule is CCCB1NC(C)c2ccccc2O1. The first kappa shape index (κ1) is 9.59. The van der Waals surface area contributed by atoms with Gasteiger partial charge in [-0.2, -0.15) is 0 Å². The summed E-state index contributed by atoms with van der Waals surface area (Å²) in [7, 11) is 0.185. The summed E-state index contributed by atoms with van der Waals surface area (Å²) in [5, 5.41) is 3.45. The van der Waals surface area contributed by atoms with E-state index in [1.807, 2.05) is 6.07 Å². The molecule has 0 saturated carbocycles. The first-order valence-corrected chi connectivity index (χ1v) is 5.33. The number of hydrogen-bond acceptors (Lipinski definition) is 2. The molecule has 0 radical (unpaired) electrons. The zero-order valence-electron chi connectivity index (χ0n) is 8.79. The van der Waals surface area contributed by atoms with E-state index in [0.29, 0.717) is 6.04 Å². The minimum Gasteiger partial charge on any atom is -0.546 e. The van der Waals surface area contributed by atoms with E-state index in [9.17, 15) is 0 Å². The number of para-hydroxylation sites is 1. The molecule has 0 amide bonds. The molecule has 0 spiro atoms. The van der Waals surface area contributed by atoms with Crippen molar-refractivity contribution in [3.63, 3.8) is 0 Å². The highest BCUT2D eigenvalue weighted by molar-refractivity contribution is 6.50. The lowest BCUT2D eigenvalue weighted by Crippen LogP contribution is -2.44. The van der Waals surface area contributed by atoms with Gasteiger partial charge in [0.2, 0.25) is 0 Å². The molecule has 1 heterocycles. The lowest BCUT2D eigenvalue weighted by molar-refractivity contribution is 0.477. The molecule has 14 heavy (non-hydrogen) atoms. The number of fused-ring (bicyclic) bond motifs is 1. The largest absolute Gasteiger partial charge is 0.546 e. The summed E-state index contributed by atoms with van der Waals surface area (Å²) in [5.74, 6) is 1.04. The van der Waals surface area contributed by atoms with Crippen LogP contribution in [0.2, 0.25) is 6.32 Å². The Balaban J connectivity index is 2.20. The Morgan fingerprint density at radius 2 is 2.21 bits per heavy atom. The maximum atomic E-state index is 5.83. The van der Waals surface area contributed by atoms with Crippen LogP contribution in [0.25, 0.3) is 0 Å². The molecule has 0 bridgehead atoms. The monoisotopic (exact) mass is 189 g/mol. The molecule has 1 atom stereocenters. The fraction of sp³-hybridized carbons (Fsp3) is 0.455. The molecule has 1 aromatic rings. The molecule has 2 rings (SSSR count). The number of nitrogens with one attached hydrogen (secondary N) is 1. The van der Waals surface area contributed by atoms with Gasteiger partial charge in [-0.1, -0.05) is 31.5 Å².